The van der Waals surface area contributed by atoms with Crippen molar-refractivity contribution in [3.05, 3.63) is 34.9 Å². The van der Waals surface area contributed by atoms with Gasteiger partial charge in [0.15, 0.2) is 0 Å². The van der Waals surface area contributed by atoms with Crippen LogP contribution in [0.1, 0.15) is 23.1 Å². The Morgan fingerprint density at radius 1 is 1.25 bits per heavy atom. The number of aryl methyl sites for hydroxylation is 2. The smallest absolute Gasteiger partial charge is 0.137 e. The topological polar surface area (TPSA) is 29.1 Å². The highest BCUT2D eigenvalue weighted by Crippen LogP contribution is 2.14. The Balaban J connectivity index is 1.94. The molecule has 0 amide bonds. The molecule has 2 nitrogen and oxygen atoms in total. The van der Waals surface area contributed by atoms with Crippen molar-refractivity contribution in [1.82, 2.24) is 5.32 Å². The lowest BCUT2D eigenvalue weighted by Crippen LogP contribution is -2.43. The van der Waals surface area contributed by atoms with Crippen LogP contribution in [0.2, 0.25) is 0 Å². The molecule has 1 fully saturated rings. The van der Waals surface area contributed by atoms with Crippen molar-refractivity contribution in [3.63, 3.8) is 0 Å². The molecule has 86 valence electrons. The summed E-state index contributed by atoms with van der Waals surface area (Å²) in [5.74, 6) is 0.954. The summed E-state index contributed by atoms with van der Waals surface area (Å²) in [5.41, 5.74) is 3.65. The molecule has 1 N–H and O–H groups in total. The summed E-state index contributed by atoms with van der Waals surface area (Å²) in [6.45, 7) is 6.19. The van der Waals surface area contributed by atoms with E-state index in [0.717, 1.165) is 25.1 Å². The first-order valence-corrected chi connectivity index (χ1v) is 5.93. The molecular weight excluding hydrogens is 198 g/mol. The van der Waals surface area contributed by atoms with E-state index in [9.17, 15) is 4.79 Å². The fourth-order valence-electron chi connectivity index (χ4n) is 2.29. The van der Waals surface area contributed by atoms with Crippen LogP contribution in [-0.2, 0) is 11.2 Å². The Hall–Kier alpha value is -1.15. The van der Waals surface area contributed by atoms with Crippen LogP contribution in [0, 0.1) is 19.8 Å². The van der Waals surface area contributed by atoms with Gasteiger partial charge in [-0.1, -0.05) is 29.3 Å². The maximum Gasteiger partial charge on any atom is 0.137 e. The highest BCUT2D eigenvalue weighted by Gasteiger charge is 2.19. The molecule has 1 aliphatic heterocycles. The Morgan fingerprint density at radius 2 is 1.88 bits per heavy atom. The van der Waals surface area contributed by atoms with Gasteiger partial charge in [0.1, 0.15) is 5.78 Å². The van der Waals surface area contributed by atoms with Crippen LogP contribution < -0.4 is 5.32 Å². The highest BCUT2D eigenvalue weighted by atomic mass is 16.1. The molecule has 1 aromatic rings. The molecule has 0 aliphatic carbocycles. The minimum atomic E-state index is 0.372. The molecule has 0 bridgehead atoms. The van der Waals surface area contributed by atoms with E-state index in [4.69, 9.17) is 0 Å². The zero-order chi connectivity index (χ0) is 11.5. The maximum atomic E-state index is 11.8. The standard InChI is InChI=1S/C14H19NO/c1-10-3-11(2)5-12(4-10)6-14(16)7-13-8-15-9-13/h3-5,13,15H,6-9H2,1-2H3. The molecule has 16 heavy (non-hydrogen) atoms. The number of benzene rings is 1. The third-order valence-electron chi connectivity index (χ3n) is 3.07. The largest absolute Gasteiger partial charge is 0.316 e. The summed E-state index contributed by atoms with van der Waals surface area (Å²) in [4.78, 5) is 11.8. The van der Waals surface area contributed by atoms with Crippen molar-refractivity contribution < 1.29 is 4.79 Å². The first-order chi connectivity index (χ1) is 7.63. The highest BCUT2D eigenvalue weighted by molar-refractivity contribution is 5.81. The molecule has 2 heteroatoms. The molecule has 1 aliphatic rings. The van der Waals surface area contributed by atoms with Gasteiger partial charge in [0.2, 0.25) is 0 Å². The van der Waals surface area contributed by atoms with Crippen LogP contribution in [-0.4, -0.2) is 18.9 Å². The second kappa shape index (κ2) is 4.79. The van der Waals surface area contributed by atoms with Crippen LogP contribution in [0.5, 0.6) is 0 Å². The Labute approximate surface area is 97.1 Å². The second-order valence-corrected chi connectivity index (χ2v) is 4.94. The molecule has 1 saturated heterocycles. The fraction of sp³-hybridized carbons (Fsp3) is 0.500. The average Bonchev–Trinajstić information content (AvgIpc) is 2.09. The first-order valence-electron chi connectivity index (χ1n) is 5.93. The molecule has 0 radical (unpaired) electrons. The van der Waals surface area contributed by atoms with Gasteiger partial charge >= 0.3 is 0 Å². The number of hydrogen-bond acceptors (Lipinski definition) is 2. The van der Waals surface area contributed by atoms with Crippen molar-refractivity contribution >= 4 is 5.78 Å². The predicted molar refractivity (Wildman–Crippen MR) is 65.6 cm³/mol. The molecule has 2 rings (SSSR count). The lowest BCUT2D eigenvalue weighted by molar-refractivity contribution is -0.119. The normalized spacial score (nSPS) is 15.9. The fourth-order valence-corrected chi connectivity index (χ4v) is 2.29. The van der Waals surface area contributed by atoms with Gasteiger partial charge in [-0.2, -0.15) is 0 Å². The second-order valence-electron chi connectivity index (χ2n) is 4.94. The van der Waals surface area contributed by atoms with Gasteiger partial charge in [0.25, 0.3) is 0 Å². The van der Waals surface area contributed by atoms with Gasteiger partial charge in [0.05, 0.1) is 0 Å². The summed E-state index contributed by atoms with van der Waals surface area (Å²) >= 11 is 0. The van der Waals surface area contributed by atoms with Gasteiger partial charge < -0.3 is 5.32 Å². The first kappa shape index (κ1) is 11.3. The lowest BCUT2D eigenvalue weighted by Gasteiger charge is -2.26. The molecule has 0 saturated carbocycles. The van der Waals surface area contributed by atoms with Crippen molar-refractivity contribution in [2.45, 2.75) is 26.7 Å². The third-order valence-corrected chi connectivity index (χ3v) is 3.07. The van der Waals surface area contributed by atoms with Gasteiger partial charge in [0, 0.05) is 12.8 Å². The number of carbonyl (C=O) groups excluding carboxylic acids is 1. The van der Waals surface area contributed by atoms with Crippen molar-refractivity contribution in [2.75, 3.05) is 13.1 Å². The zero-order valence-corrected chi connectivity index (χ0v) is 10.0. The molecular formula is C14H19NO. The van der Waals surface area contributed by atoms with E-state index >= 15 is 0 Å². The van der Waals surface area contributed by atoms with E-state index in [1.54, 1.807) is 0 Å². The van der Waals surface area contributed by atoms with Crippen LogP contribution in [0.15, 0.2) is 18.2 Å². The Bertz CT molecular complexity index is 373. The van der Waals surface area contributed by atoms with E-state index in [2.05, 4.69) is 37.4 Å². The molecule has 0 unspecified atom stereocenters. The monoisotopic (exact) mass is 217 g/mol. The van der Waals surface area contributed by atoms with Crippen molar-refractivity contribution in [2.24, 2.45) is 5.92 Å². The van der Waals surface area contributed by atoms with E-state index in [-0.39, 0.29) is 0 Å². The number of carbonyl (C=O) groups is 1. The molecule has 0 spiro atoms. The Kier molecular flexibility index (Phi) is 3.39. The van der Waals surface area contributed by atoms with Gasteiger partial charge in [-0.3, -0.25) is 4.79 Å². The maximum absolute atomic E-state index is 11.8. The van der Waals surface area contributed by atoms with Gasteiger partial charge in [-0.25, -0.2) is 0 Å². The summed E-state index contributed by atoms with van der Waals surface area (Å²) in [6, 6.07) is 6.37. The number of rotatable bonds is 4. The summed E-state index contributed by atoms with van der Waals surface area (Å²) in [7, 11) is 0. The van der Waals surface area contributed by atoms with Crippen LogP contribution in [0.25, 0.3) is 0 Å². The van der Waals surface area contributed by atoms with Gasteiger partial charge in [-0.05, 0) is 38.4 Å². The van der Waals surface area contributed by atoms with E-state index in [0.29, 0.717) is 18.1 Å². The minimum Gasteiger partial charge on any atom is -0.316 e. The van der Waals surface area contributed by atoms with Crippen molar-refractivity contribution in [3.8, 4) is 0 Å². The molecule has 1 heterocycles. The zero-order valence-electron chi connectivity index (χ0n) is 10.0. The van der Waals surface area contributed by atoms with Crippen LogP contribution in [0.4, 0.5) is 0 Å². The Morgan fingerprint density at radius 3 is 2.38 bits per heavy atom. The summed E-state index contributed by atoms with van der Waals surface area (Å²) < 4.78 is 0. The number of ketones is 1. The lowest BCUT2D eigenvalue weighted by atomic mass is 9.93. The molecule has 0 atom stereocenters. The predicted octanol–water partition coefficient (Wildman–Crippen LogP) is 2.02. The van der Waals surface area contributed by atoms with E-state index in [1.165, 1.54) is 11.1 Å². The average molecular weight is 217 g/mol. The summed E-state index contributed by atoms with van der Waals surface area (Å²) in [6.07, 6.45) is 1.33. The molecule has 1 aromatic carbocycles. The van der Waals surface area contributed by atoms with Crippen LogP contribution in [0.3, 0.4) is 0 Å². The van der Waals surface area contributed by atoms with Crippen molar-refractivity contribution in [1.29, 1.82) is 0 Å². The number of Topliss-reactive ketones (excluding diaryl/α,β-unsaturated/α-hetero) is 1. The number of nitrogens with one attached hydrogen (secondary N) is 1. The van der Waals surface area contributed by atoms with E-state index < -0.39 is 0 Å². The number of hydrogen-bond donors (Lipinski definition) is 1. The molecule has 0 aromatic heterocycles. The van der Waals surface area contributed by atoms with Crippen LogP contribution >= 0.6 is 0 Å². The minimum absolute atomic E-state index is 0.372. The quantitative estimate of drug-likeness (QED) is 0.836. The third kappa shape index (κ3) is 2.92. The van der Waals surface area contributed by atoms with Gasteiger partial charge in [-0.15, -0.1) is 0 Å². The summed E-state index contributed by atoms with van der Waals surface area (Å²) in [5, 5.41) is 3.20. The van der Waals surface area contributed by atoms with E-state index in [1.807, 2.05) is 0 Å². The SMILES string of the molecule is Cc1cc(C)cc(CC(=O)CC2CNC2)c1.